The molecule has 0 spiro atoms. The van der Waals surface area contributed by atoms with Crippen LogP contribution in [0.2, 0.25) is 0 Å². The van der Waals surface area contributed by atoms with Gasteiger partial charge in [0.05, 0.1) is 12.1 Å². The van der Waals surface area contributed by atoms with Crippen molar-refractivity contribution in [1.82, 2.24) is 25.2 Å². The summed E-state index contributed by atoms with van der Waals surface area (Å²) in [6.45, 7) is 9.47. The van der Waals surface area contributed by atoms with Crippen molar-refractivity contribution >= 4 is 33.6 Å². The van der Waals surface area contributed by atoms with Gasteiger partial charge in [0.15, 0.2) is 5.01 Å². The van der Waals surface area contributed by atoms with Crippen LogP contribution in [-0.2, 0) is 17.6 Å². The molecule has 4 heterocycles. The topological polar surface area (TPSA) is 149 Å². The van der Waals surface area contributed by atoms with Crippen LogP contribution in [0.5, 0.6) is 5.88 Å². The van der Waals surface area contributed by atoms with Crippen LogP contribution in [-0.4, -0.2) is 79.0 Å². The van der Waals surface area contributed by atoms with E-state index < -0.39 is 12.1 Å². The number of nitrogens with one attached hydrogen (secondary N) is 1. The van der Waals surface area contributed by atoms with E-state index in [2.05, 4.69) is 42.0 Å². The Morgan fingerprint density at radius 3 is 2.28 bits per heavy atom. The summed E-state index contributed by atoms with van der Waals surface area (Å²) in [6.07, 6.45) is 1.78. The van der Waals surface area contributed by atoms with Crippen molar-refractivity contribution in [2.45, 2.75) is 77.6 Å². The van der Waals surface area contributed by atoms with Crippen molar-refractivity contribution in [3.8, 4) is 17.0 Å². The Labute approximate surface area is 292 Å². The van der Waals surface area contributed by atoms with Crippen molar-refractivity contribution in [2.24, 2.45) is 11.3 Å². The number of aromatic nitrogens is 3. The fraction of sp³-hybridized carbons (Fsp3) is 0.472. The monoisotopic (exact) mass is 713 g/mol. The minimum atomic E-state index is -5.08. The highest BCUT2D eigenvalue weighted by Gasteiger charge is 2.38. The number of aliphatic hydroxyl groups excluding tert-OH is 1. The highest BCUT2D eigenvalue weighted by molar-refractivity contribution is 7.19. The number of carboxylic acid groups (broad SMARTS) is 1. The summed E-state index contributed by atoms with van der Waals surface area (Å²) in [5.41, 5.74) is 6.39. The Morgan fingerprint density at radius 1 is 1.02 bits per heavy atom. The van der Waals surface area contributed by atoms with E-state index in [4.69, 9.17) is 19.9 Å². The molecule has 1 amide bonds. The minimum absolute atomic E-state index is 0.00676. The van der Waals surface area contributed by atoms with Gasteiger partial charge in [0.25, 0.3) is 5.91 Å². The zero-order valence-corrected chi connectivity index (χ0v) is 29.0. The average molecular weight is 714 g/mol. The third kappa shape index (κ3) is 9.55. The first kappa shape index (κ1) is 37.1. The second kappa shape index (κ2) is 15.4. The van der Waals surface area contributed by atoms with Crippen LogP contribution in [0.15, 0.2) is 48.7 Å². The van der Waals surface area contributed by atoms with Crippen molar-refractivity contribution in [3.63, 3.8) is 0 Å². The minimum Gasteiger partial charge on any atom is -0.493 e. The number of pyridine rings is 2. The van der Waals surface area contributed by atoms with Crippen LogP contribution in [0.1, 0.15) is 79.1 Å². The largest absolute Gasteiger partial charge is 0.493 e. The van der Waals surface area contributed by atoms with Gasteiger partial charge in [-0.3, -0.25) is 4.79 Å². The molecule has 1 aromatic carbocycles. The van der Waals surface area contributed by atoms with Gasteiger partial charge in [0.2, 0.25) is 5.88 Å². The van der Waals surface area contributed by atoms with Crippen LogP contribution in [0.25, 0.3) is 21.5 Å². The van der Waals surface area contributed by atoms with Gasteiger partial charge in [-0.1, -0.05) is 56.4 Å². The van der Waals surface area contributed by atoms with Crippen LogP contribution in [0.3, 0.4) is 0 Å². The normalized spacial score (nSPS) is 17.8. The van der Waals surface area contributed by atoms with Crippen LogP contribution >= 0.6 is 11.3 Å². The van der Waals surface area contributed by atoms with Gasteiger partial charge in [0, 0.05) is 43.2 Å². The molecule has 268 valence electrons. The molecule has 1 aliphatic carbocycles. The molecule has 0 saturated carbocycles. The van der Waals surface area contributed by atoms with Crippen LogP contribution < -0.4 is 5.32 Å². The number of aliphatic hydroxyl groups is 1. The predicted molar refractivity (Wildman–Crippen MR) is 184 cm³/mol. The van der Waals surface area contributed by atoms with Gasteiger partial charge in [-0.2, -0.15) is 13.2 Å². The summed E-state index contributed by atoms with van der Waals surface area (Å²) in [7, 11) is 0. The first-order valence-corrected chi connectivity index (χ1v) is 17.4. The van der Waals surface area contributed by atoms with E-state index in [0.717, 1.165) is 90.9 Å². The molecule has 4 N–H and O–H groups in total. The summed E-state index contributed by atoms with van der Waals surface area (Å²) in [5.74, 6) is -2.33. The maximum Gasteiger partial charge on any atom is 0.490 e. The highest BCUT2D eigenvalue weighted by Crippen LogP contribution is 2.38. The molecule has 6 rings (SSSR count). The molecule has 4 aromatic rings. The second-order valence-corrected chi connectivity index (χ2v) is 14.9. The van der Waals surface area contributed by atoms with Crippen LogP contribution in [0.4, 0.5) is 13.2 Å². The maximum atomic E-state index is 13.6. The molecular weight excluding hydrogens is 671 g/mol. The number of benzene rings is 1. The standard InChI is InChI=1S/C34H41N5O3S.C2HF3O2/c1-34(2,3)25-9-10-27-24(18-25)19-29-32(37-27)43-33(38-29)31(42)36-28(14-17-39-15-12-26(40)13-16-39)22-6-4-21(5-7-22)23-8-11-30(41)35-20-23;3-2(4,5)1(6)7/h4-8,11,19-20,25-26,28,40H,9-10,12-18H2,1-3H3,(H,35,41)(H,36,42);(H,6,7)/t25-,28+;/m0./s1. The van der Waals surface area contributed by atoms with Crippen molar-refractivity contribution < 1.29 is 38.1 Å². The first-order valence-electron chi connectivity index (χ1n) is 16.6. The van der Waals surface area contributed by atoms with Crippen LogP contribution in [0, 0.1) is 11.3 Å². The Morgan fingerprint density at radius 2 is 1.68 bits per heavy atom. The van der Waals surface area contributed by atoms with Gasteiger partial charge in [-0.25, -0.2) is 19.7 Å². The van der Waals surface area contributed by atoms with Gasteiger partial charge in [-0.15, -0.1) is 0 Å². The zero-order chi connectivity index (χ0) is 36.2. The molecule has 2 atom stereocenters. The number of likely N-dealkylation sites (tertiary alicyclic amines) is 1. The molecule has 2 aliphatic rings. The molecular formula is C36H42F3N5O5S. The third-order valence-electron chi connectivity index (χ3n) is 9.40. The molecule has 1 aliphatic heterocycles. The number of aryl methyl sites for hydroxylation is 1. The number of aliphatic carboxylic acids is 1. The third-order valence-corrected chi connectivity index (χ3v) is 10.4. The zero-order valence-electron chi connectivity index (χ0n) is 28.2. The molecule has 1 fully saturated rings. The van der Waals surface area contributed by atoms with E-state index in [0.29, 0.717) is 10.9 Å². The lowest BCUT2D eigenvalue weighted by Crippen LogP contribution is -2.38. The van der Waals surface area contributed by atoms with E-state index >= 15 is 0 Å². The molecule has 1 saturated heterocycles. The number of aromatic hydroxyl groups is 1. The van der Waals surface area contributed by atoms with Gasteiger partial charge >= 0.3 is 12.1 Å². The Balaban J connectivity index is 0.000000630. The number of rotatable bonds is 7. The lowest BCUT2D eigenvalue weighted by atomic mass is 9.71. The van der Waals surface area contributed by atoms with Gasteiger partial charge in [-0.05, 0) is 78.7 Å². The van der Waals surface area contributed by atoms with E-state index in [1.807, 2.05) is 30.3 Å². The number of nitrogens with zero attached hydrogens (tertiary/aromatic N) is 4. The van der Waals surface area contributed by atoms with Gasteiger partial charge < -0.3 is 25.5 Å². The summed E-state index contributed by atoms with van der Waals surface area (Å²) in [4.78, 5) is 39.4. The Hall–Kier alpha value is -4.14. The number of hydrogen-bond donors (Lipinski definition) is 4. The number of piperidine rings is 1. The molecule has 0 bridgehead atoms. The number of fused-ring (bicyclic) bond motifs is 2. The number of carbonyl (C=O) groups is 2. The van der Waals surface area contributed by atoms with E-state index in [9.17, 15) is 28.2 Å². The summed E-state index contributed by atoms with van der Waals surface area (Å²) < 4.78 is 31.7. The first-order chi connectivity index (χ1) is 23.6. The number of carboxylic acids is 1. The molecule has 3 aromatic heterocycles. The van der Waals surface area contributed by atoms with Crippen molar-refractivity contribution in [3.05, 3.63) is 70.5 Å². The number of halogens is 3. The smallest absolute Gasteiger partial charge is 0.490 e. The number of thiazole rings is 1. The summed E-state index contributed by atoms with van der Waals surface area (Å²) in [6, 6.07) is 13.5. The van der Waals surface area contributed by atoms with Gasteiger partial charge in [0.1, 0.15) is 10.3 Å². The number of amides is 1. The fourth-order valence-electron chi connectivity index (χ4n) is 6.31. The summed E-state index contributed by atoms with van der Waals surface area (Å²) in [5, 5.41) is 30.3. The fourth-order valence-corrected chi connectivity index (χ4v) is 7.15. The number of carbonyl (C=O) groups excluding carboxylic acids is 1. The Kier molecular flexibility index (Phi) is 11.4. The second-order valence-electron chi connectivity index (χ2n) is 14.0. The van der Waals surface area contributed by atoms with E-state index in [-0.39, 0.29) is 29.3 Å². The highest BCUT2D eigenvalue weighted by atomic mass is 32.1. The molecule has 0 radical (unpaired) electrons. The summed E-state index contributed by atoms with van der Waals surface area (Å²) >= 11 is 1.37. The molecule has 50 heavy (non-hydrogen) atoms. The average Bonchev–Trinajstić information content (AvgIpc) is 3.49. The molecule has 10 nitrogen and oxygen atoms in total. The van der Waals surface area contributed by atoms with E-state index in [1.165, 1.54) is 16.9 Å². The Bertz CT molecular complexity index is 1780. The number of alkyl halides is 3. The number of hydrogen-bond acceptors (Lipinski definition) is 9. The molecule has 0 unspecified atom stereocenters. The lowest BCUT2D eigenvalue weighted by molar-refractivity contribution is -0.192. The SMILES string of the molecule is CC(C)(C)[C@H]1CCc2nc3sc(C(=O)N[C@H](CCN4CCC(O)CC4)c4ccc(-c5ccc(O)nc5)cc4)nc3cc2C1.O=C(O)C(F)(F)F. The quantitative estimate of drug-likeness (QED) is 0.167. The lowest BCUT2D eigenvalue weighted by Gasteiger charge is -2.34. The van der Waals surface area contributed by atoms with Crippen molar-refractivity contribution in [1.29, 1.82) is 0 Å². The molecule has 14 heteroatoms. The maximum absolute atomic E-state index is 13.6. The van der Waals surface area contributed by atoms with E-state index in [1.54, 1.807) is 12.3 Å². The predicted octanol–water partition coefficient (Wildman–Crippen LogP) is 6.56. The van der Waals surface area contributed by atoms with Crippen molar-refractivity contribution in [2.75, 3.05) is 19.6 Å².